The van der Waals surface area contributed by atoms with Crippen LogP contribution in [0.4, 0.5) is 10.7 Å². The van der Waals surface area contributed by atoms with Crippen LogP contribution >= 0.6 is 11.3 Å². The van der Waals surface area contributed by atoms with E-state index in [2.05, 4.69) is 16.0 Å². The molecule has 1 atom stereocenters. The fraction of sp³-hybridized carbons (Fsp3) is 0.316. The van der Waals surface area contributed by atoms with Gasteiger partial charge in [-0.05, 0) is 36.4 Å². The summed E-state index contributed by atoms with van der Waals surface area (Å²) in [6.45, 7) is 1.20. The van der Waals surface area contributed by atoms with Gasteiger partial charge in [0.25, 0.3) is 5.91 Å². The van der Waals surface area contributed by atoms with Crippen LogP contribution in [0.3, 0.4) is 0 Å². The van der Waals surface area contributed by atoms with Crippen molar-refractivity contribution < 1.29 is 14.3 Å². The summed E-state index contributed by atoms with van der Waals surface area (Å²) in [5.74, 6) is -0.498. The number of carbonyl (C=O) groups excluding carboxylic acids is 2. The number of carbonyl (C=O) groups is 2. The van der Waals surface area contributed by atoms with Crippen molar-refractivity contribution in [3.05, 3.63) is 46.8 Å². The number of anilines is 2. The zero-order valence-electron chi connectivity index (χ0n) is 14.7. The number of benzene rings is 1. The Morgan fingerprint density at radius 1 is 1.30 bits per heavy atom. The molecule has 2 heterocycles. The van der Waals surface area contributed by atoms with E-state index in [9.17, 15) is 9.59 Å². The van der Waals surface area contributed by atoms with Crippen molar-refractivity contribution in [1.29, 1.82) is 5.26 Å². The van der Waals surface area contributed by atoms with Crippen molar-refractivity contribution in [2.75, 3.05) is 30.3 Å². The molecule has 0 spiro atoms. The summed E-state index contributed by atoms with van der Waals surface area (Å²) in [5.41, 5.74) is 1.48. The predicted molar refractivity (Wildman–Crippen MR) is 104 cm³/mol. The third kappa shape index (κ3) is 5.06. The van der Waals surface area contributed by atoms with Gasteiger partial charge in [-0.2, -0.15) is 5.26 Å². The number of hydrogen-bond donors (Lipinski definition) is 3. The van der Waals surface area contributed by atoms with E-state index in [1.165, 1.54) is 11.3 Å². The molecule has 1 aromatic carbocycles. The maximum atomic E-state index is 12.5. The Balaban J connectivity index is 1.56. The fourth-order valence-corrected chi connectivity index (χ4v) is 3.54. The van der Waals surface area contributed by atoms with Gasteiger partial charge in [-0.3, -0.25) is 9.59 Å². The molecule has 0 aliphatic carbocycles. The van der Waals surface area contributed by atoms with Crippen molar-refractivity contribution in [2.24, 2.45) is 0 Å². The van der Waals surface area contributed by atoms with Crippen molar-refractivity contribution in [1.82, 2.24) is 5.32 Å². The van der Waals surface area contributed by atoms with Crippen LogP contribution in [0.25, 0.3) is 0 Å². The molecule has 2 amide bonds. The SMILES string of the molecule is N#Cc1ccsc1NC(=O)CNc1ccccc1C(=O)NC[C@H]1CCCO1. The van der Waals surface area contributed by atoms with Gasteiger partial charge in [0.05, 0.1) is 23.8 Å². The number of nitriles is 1. The quantitative estimate of drug-likeness (QED) is 0.681. The summed E-state index contributed by atoms with van der Waals surface area (Å²) in [6, 6.07) is 10.7. The molecule has 1 aromatic heterocycles. The first-order valence-corrected chi connectivity index (χ1v) is 9.55. The van der Waals surface area contributed by atoms with E-state index in [0.29, 0.717) is 28.4 Å². The van der Waals surface area contributed by atoms with Crippen LogP contribution in [-0.4, -0.2) is 37.6 Å². The van der Waals surface area contributed by atoms with E-state index in [1.54, 1.807) is 35.7 Å². The maximum Gasteiger partial charge on any atom is 0.253 e. The third-order valence-electron chi connectivity index (χ3n) is 4.16. The monoisotopic (exact) mass is 384 g/mol. The molecule has 1 aliphatic rings. The predicted octanol–water partition coefficient (Wildman–Crippen LogP) is 2.58. The van der Waals surface area contributed by atoms with Gasteiger partial charge in [-0.25, -0.2) is 0 Å². The lowest BCUT2D eigenvalue weighted by atomic mass is 10.1. The first-order chi connectivity index (χ1) is 13.2. The lowest BCUT2D eigenvalue weighted by Gasteiger charge is -2.14. The van der Waals surface area contributed by atoms with Crippen LogP contribution < -0.4 is 16.0 Å². The number of nitrogens with one attached hydrogen (secondary N) is 3. The van der Waals surface area contributed by atoms with Gasteiger partial charge < -0.3 is 20.7 Å². The van der Waals surface area contributed by atoms with Gasteiger partial charge >= 0.3 is 0 Å². The number of hydrogen-bond acceptors (Lipinski definition) is 6. The third-order valence-corrected chi connectivity index (χ3v) is 4.99. The van der Waals surface area contributed by atoms with Crippen molar-refractivity contribution in [2.45, 2.75) is 18.9 Å². The Bertz CT molecular complexity index is 853. The maximum absolute atomic E-state index is 12.5. The second-order valence-corrected chi connectivity index (χ2v) is 6.98. The molecule has 0 unspecified atom stereocenters. The van der Waals surface area contributed by atoms with Crippen LogP contribution in [0.2, 0.25) is 0 Å². The van der Waals surface area contributed by atoms with E-state index in [1.807, 2.05) is 6.07 Å². The number of ether oxygens (including phenoxy) is 1. The minimum absolute atomic E-state index is 0.0151. The highest BCUT2D eigenvalue weighted by Crippen LogP contribution is 2.22. The minimum Gasteiger partial charge on any atom is -0.376 e. The summed E-state index contributed by atoms with van der Waals surface area (Å²) in [7, 11) is 0. The number of para-hydroxylation sites is 1. The van der Waals surface area contributed by atoms with Crippen LogP contribution in [0.1, 0.15) is 28.8 Å². The second-order valence-electron chi connectivity index (χ2n) is 6.07. The zero-order valence-corrected chi connectivity index (χ0v) is 15.5. The summed E-state index contributed by atoms with van der Waals surface area (Å²) in [5, 5.41) is 19.8. The fourth-order valence-electron chi connectivity index (χ4n) is 2.78. The molecule has 7 nitrogen and oxygen atoms in total. The molecule has 0 bridgehead atoms. The topological polar surface area (TPSA) is 103 Å². The van der Waals surface area contributed by atoms with Gasteiger partial charge in [-0.15, -0.1) is 11.3 Å². The zero-order chi connectivity index (χ0) is 19.1. The molecular formula is C19H20N4O3S. The van der Waals surface area contributed by atoms with Gasteiger partial charge in [0, 0.05) is 18.8 Å². The summed E-state index contributed by atoms with van der Waals surface area (Å²) in [4.78, 5) is 24.6. The highest BCUT2D eigenvalue weighted by molar-refractivity contribution is 7.14. The van der Waals surface area contributed by atoms with Crippen LogP contribution in [0.5, 0.6) is 0 Å². The molecule has 1 fully saturated rings. The molecule has 1 aliphatic heterocycles. The number of rotatable bonds is 7. The molecule has 0 saturated carbocycles. The van der Waals surface area contributed by atoms with Crippen molar-refractivity contribution >= 4 is 33.8 Å². The lowest BCUT2D eigenvalue weighted by Crippen LogP contribution is -2.32. The van der Waals surface area contributed by atoms with Crippen LogP contribution in [0, 0.1) is 11.3 Å². The Morgan fingerprint density at radius 3 is 2.93 bits per heavy atom. The summed E-state index contributed by atoms with van der Waals surface area (Å²) < 4.78 is 5.51. The Morgan fingerprint density at radius 2 is 2.15 bits per heavy atom. The molecule has 3 N–H and O–H groups in total. The molecule has 3 rings (SSSR count). The first kappa shape index (κ1) is 18.9. The Hall–Kier alpha value is -2.89. The van der Waals surface area contributed by atoms with Crippen molar-refractivity contribution in [3.8, 4) is 6.07 Å². The van der Waals surface area contributed by atoms with E-state index in [0.717, 1.165) is 19.4 Å². The Labute approximate surface area is 161 Å². The molecule has 0 radical (unpaired) electrons. The highest BCUT2D eigenvalue weighted by Gasteiger charge is 2.18. The smallest absolute Gasteiger partial charge is 0.253 e. The van der Waals surface area contributed by atoms with Crippen molar-refractivity contribution in [3.63, 3.8) is 0 Å². The van der Waals surface area contributed by atoms with Crippen LogP contribution in [-0.2, 0) is 9.53 Å². The number of thiophene rings is 1. The number of amides is 2. The normalized spacial score (nSPS) is 15.7. The van der Waals surface area contributed by atoms with Gasteiger partial charge in [0.1, 0.15) is 11.1 Å². The highest BCUT2D eigenvalue weighted by atomic mass is 32.1. The summed E-state index contributed by atoms with van der Waals surface area (Å²) >= 11 is 1.29. The van der Waals surface area contributed by atoms with Crippen LogP contribution in [0.15, 0.2) is 35.7 Å². The average Bonchev–Trinajstić information content (AvgIpc) is 3.36. The summed E-state index contributed by atoms with van der Waals surface area (Å²) in [6.07, 6.45) is 2.04. The van der Waals surface area contributed by atoms with E-state index in [-0.39, 0.29) is 24.5 Å². The Kier molecular flexibility index (Phi) is 6.41. The van der Waals surface area contributed by atoms with E-state index in [4.69, 9.17) is 10.00 Å². The molecule has 27 heavy (non-hydrogen) atoms. The van der Waals surface area contributed by atoms with Gasteiger partial charge in [0.15, 0.2) is 0 Å². The molecule has 8 heteroatoms. The van der Waals surface area contributed by atoms with Gasteiger partial charge in [0.2, 0.25) is 5.91 Å². The van der Waals surface area contributed by atoms with E-state index >= 15 is 0 Å². The largest absolute Gasteiger partial charge is 0.376 e. The average molecular weight is 384 g/mol. The van der Waals surface area contributed by atoms with E-state index < -0.39 is 0 Å². The molecular weight excluding hydrogens is 364 g/mol. The van der Waals surface area contributed by atoms with Gasteiger partial charge in [-0.1, -0.05) is 12.1 Å². The number of nitrogens with zero attached hydrogens (tertiary/aromatic N) is 1. The second kappa shape index (κ2) is 9.16. The lowest BCUT2D eigenvalue weighted by molar-refractivity contribution is -0.114. The molecule has 1 saturated heterocycles. The minimum atomic E-state index is -0.288. The first-order valence-electron chi connectivity index (χ1n) is 8.67. The standard InChI is InChI=1S/C19H20N4O3S/c20-10-13-7-9-27-19(13)23-17(24)12-21-16-6-2-1-5-15(16)18(25)22-11-14-4-3-8-26-14/h1-2,5-7,9,14,21H,3-4,8,11-12H2,(H,22,25)(H,23,24)/t14-/m1/s1. The molecule has 2 aromatic rings. The molecule has 140 valence electrons.